The van der Waals surface area contributed by atoms with Crippen LogP contribution in [0.4, 0.5) is 0 Å². The first kappa shape index (κ1) is 27.0. The zero-order chi connectivity index (χ0) is 24.7. The van der Waals surface area contributed by atoms with E-state index in [9.17, 15) is 30.6 Å². The minimum absolute atomic E-state index is 0.138. The van der Waals surface area contributed by atoms with E-state index in [0.29, 0.717) is 0 Å². The van der Waals surface area contributed by atoms with Gasteiger partial charge in [0.2, 0.25) is 0 Å². The maximum atomic E-state index is 11.0. The molecule has 3 aliphatic rings. The maximum Gasteiger partial charge on any atom is 0.187 e. The molecule has 14 heteroatoms. The van der Waals surface area contributed by atoms with Gasteiger partial charge in [0.1, 0.15) is 54.4 Å². The first-order valence-electron chi connectivity index (χ1n) is 11.0. The summed E-state index contributed by atoms with van der Waals surface area (Å²) in [5.74, 6) is 0. The molecule has 2 aliphatic heterocycles. The van der Waals surface area contributed by atoms with Crippen molar-refractivity contribution in [3.05, 3.63) is 0 Å². The van der Waals surface area contributed by atoms with Crippen LogP contribution in [0.1, 0.15) is 13.3 Å². The predicted molar refractivity (Wildman–Crippen MR) is 111 cm³/mol. The van der Waals surface area contributed by atoms with Gasteiger partial charge in [0.05, 0.1) is 12.6 Å². The molecule has 0 amide bonds. The summed E-state index contributed by atoms with van der Waals surface area (Å²) >= 11 is 0. The Balaban J connectivity index is 1.71. The molecule has 2 saturated heterocycles. The lowest BCUT2D eigenvalue weighted by Crippen LogP contribution is -2.69. The number of nitrogens with one attached hydrogen (secondary N) is 1. The van der Waals surface area contributed by atoms with Gasteiger partial charge in [-0.25, -0.2) is 0 Å². The van der Waals surface area contributed by atoms with Crippen LogP contribution in [-0.2, 0) is 18.9 Å². The second-order valence-corrected chi connectivity index (χ2v) is 9.30. The molecular weight excluding hydrogens is 444 g/mol. The lowest BCUT2D eigenvalue weighted by molar-refractivity contribution is -0.329. The molecule has 1 saturated carbocycles. The van der Waals surface area contributed by atoms with Crippen molar-refractivity contribution < 1.29 is 49.6 Å². The average Bonchev–Trinajstić information content (AvgIpc) is 2.75. The van der Waals surface area contributed by atoms with Crippen LogP contribution >= 0.6 is 0 Å². The molecule has 0 spiro atoms. The highest BCUT2D eigenvalue weighted by molar-refractivity contribution is 5.02. The van der Waals surface area contributed by atoms with E-state index < -0.39 is 85.1 Å². The molecule has 0 aromatic carbocycles. The number of aliphatic hydroxyl groups excluding tert-OH is 5. The molecule has 13 N–H and O–H groups in total. The molecule has 14 nitrogen and oxygen atoms in total. The monoisotopic (exact) mass is 482 g/mol. The second-order valence-electron chi connectivity index (χ2n) is 9.30. The zero-order valence-electron chi connectivity index (χ0n) is 18.7. The molecule has 0 radical (unpaired) electrons. The maximum absolute atomic E-state index is 11.0. The van der Waals surface area contributed by atoms with Crippen LogP contribution in [0.5, 0.6) is 0 Å². The molecule has 194 valence electrons. The summed E-state index contributed by atoms with van der Waals surface area (Å²) in [7, 11) is 1.57. The van der Waals surface area contributed by atoms with Gasteiger partial charge in [0, 0.05) is 18.6 Å². The summed E-state index contributed by atoms with van der Waals surface area (Å²) in [4.78, 5) is 0. The highest BCUT2D eigenvalue weighted by Crippen LogP contribution is 2.31. The predicted octanol–water partition coefficient (Wildman–Crippen LogP) is -6.00. The third-order valence-corrected chi connectivity index (χ3v) is 6.69. The van der Waals surface area contributed by atoms with Gasteiger partial charge in [-0.3, -0.25) is 0 Å². The molecule has 3 fully saturated rings. The minimum Gasteiger partial charge on any atom is -0.388 e. The Kier molecular flexibility index (Phi) is 8.68. The van der Waals surface area contributed by atoms with Crippen LogP contribution < -0.4 is 22.5 Å². The Morgan fingerprint density at radius 1 is 0.909 bits per heavy atom. The van der Waals surface area contributed by atoms with E-state index in [-0.39, 0.29) is 19.6 Å². The van der Waals surface area contributed by atoms with Gasteiger partial charge in [-0.15, -0.1) is 0 Å². The Hall–Kier alpha value is -0.560. The average molecular weight is 483 g/mol. The van der Waals surface area contributed by atoms with Crippen molar-refractivity contribution in [2.75, 3.05) is 20.2 Å². The van der Waals surface area contributed by atoms with Crippen LogP contribution in [-0.4, -0.2) is 136 Å². The largest absolute Gasteiger partial charge is 0.388 e. The van der Waals surface area contributed by atoms with E-state index in [4.69, 9.17) is 36.1 Å². The molecule has 14 atom stereocenters. The highest BCUT2D eigenvalue weighted by Gasteiger charge is 2.52. The van der Waals surface area contributed by atoms with Crippen LogP contribution in [0.3, 0.4) is 0 Å². The summed E-state index contributed by atoms with van der Waals surface area (Å²) < 4.78 is 22.5. The molecule has 0 bridgehead atoms. The van der Waals surface area contributed by atoms with Crippen molar-refractivity contribution in [1.82, 2.24) is 5.32 Å². The molecular formula is C19H38N4O10. The minimum atomic E-state index is -1.63. The van der Waals surface area contributed by atoms with Crippen molar-refractivity contribution in [3.8, 4) is 0 Å². The number of nitrogens with two attached hydrogens (primary N) is 3. The van der Waals surface area contributed by atoms with Crippen LogP contribution in [0.25, 0.3) is 0 Å². The summed E-state index contributed by atoms with van der Waals surface area (Å²) in [6.07, 6.45) is -13.0. The third kappa shape index (κ3) is 5.34. The van der Waals surface area contributed by atoms with Crippen molar-refractivity contribution >= 4 is 0 Å². The topological polar surface area (TPSA) is 248 Å². The zero-order valence-corrected chi connectivity index (χ0v) is 18.7. The molecule has 1 aliphatic carbocycles. The quantitative estimate of drug-likeness (QED) is 0.169. The van der Waals surface area contributed by atoms with E-state index >= 15 is 0 Å². The normalized spacial score (nSPS) is 53.7. The third-order valence-electron chi connectivity index (χ3n) is 6.69. The number of ether oxygens (including phenoxy) is 4. The molecule has 0 aromatic heterocycles. The summed E-state index contributed by atoms with van der Waals surface area (Å²) in [6, 6.07) is -2.30. The Bertz CT molecular complexity index is 646. The van der Waals surface area contributed by atoms with Crippen LogP contribution in [0.2, 0.25) is 0 Å². The molecule has 33 heavy (non-hydrogen) atoms. The van der Waals surface area contributed by atoms with Gasteiger partial charge in [-0.2, -0.15) is 0 Å². The van der Waals surface area contributed by atoms with E-state index in [2.05, 4.69) is 5.32 Å². The Labute approximate surface area is 191 Å². The number of hydrogen-bond acceptors (Lipinski definition) is 14. The Morgan fingerprint density at radius 2 is 1.48 bits per heavy atom. The molecule has 0 unspecified atom stereocenters. The summed E-state index contributed by atoms with van der Waals surface area (Å²) in [5.41, 5.74) is 16.5. The summed E-state index contributed by atoms with van der Waals surface area (Å²) in [6.45, 7) is 1.22. The fourth-order valence-electron chi connectivity index (χ4n) is 4.74. The fraction of sp³-hybridized carbons (Fsp3) is 1.00. The van der Waals surface area contributed by atoms with Crippen molar-refractivity contribution in [2.45, 2.75) is 98.5 Å². The lowest BCUT2D eigenvalue weighted by Gasteiger charge is -2.48. The smallest absolute Gasteiger partial charge is 0.187 e. The first-order chi connectivity index (χ1) is 15.4. The SMILES string of the molecule is CN[C@@H]1[C@@H](O)[C@@H](O[C@@H]2[C@@H](O)[C@H](O[C@H]3O[C@H](CN)[C@@H](O)[C@H](O)[C@H]3O)[C@@H](N)C[C@H]2N)OC[C@]1(C)O. The second kappa shape index (κ2) is 10.6. The van der Waals surface area contributed by atoms with E-state index in [0.717, 1.165) is 0 Å². The lowest BCUT2D eigenvalue weighted by atomic mass is 9.84. The van der Waals surface area contributed by atoms with Crippen LogP contribution in [0, 0.1) is 0 Å². The standard InChI is InChI=1S/C19H38N4O10/c1-19(29)5-30-17(13(28)16(19)23-2)32-14-6(21)3-7(22)15(12(14)27)33-18-11(26)10(25)9(24)8(4-20)31-18/h6-18,23-29H,3-5,20-22H2,1-2H3/t6-,7+,8-,9-,10+,11-,12-,13-,14+,15-,16-,17-,18-,19+/m1/s1. The number of likely N-dealkylation sites (N-methyl/N-ethyl adjacent to an activating group) is 1. The van der Waals surface area contributed by atoms with Gasteiger partial charge in [-0.1, -0.05) is 0 Å². The molecule has 2 heterocycles. The molecule has 0 aromatic rings. The number of rotatable bonds is 6. The van der Waals surface area contributed by atoms with E-state index in [1.807, 2.05) is 0 Å². The van der Waals surface area contributed by atoms with Crippen molar-refractivity contribution in [3.63, 3.8) is 0 Å². The van der Waals surface area contributed by atoms with Crippen molar-refractivity contribution in [1.29, 1.82) is 0 Å². The number of hydrogen-bond donors (Lipinski definition) is 10. The highest BCUT2D eigenvalue weighted by atomic mass is 16.7. The van der Waals surface area contributed by atoms with Gasteiger partial charge < -0.3 is 72.1 Å². The Morgan fingerprint density at radius 3 is 2.03 bits per heavy atom. The van der Waals surface area contributed by atoms with Crippen molar-refractivity contribution in [2.24, 2.45) is 17.2 Å². The fourth-order valence-corrected chi connectivity index (χ4v) is 4.74. The molecule has 3 rings (SSSR count). The number of aliphatic hydroxyl groups is 6. The van der Waals surface area contributed by atoms with Gasteiger partial charge in [0.25, 0.3) is 0 Å². The van der Waals surface area contributed by atoms with Gasteiger partial charge >= 0.3 is 0 Å². The first-order valence-corrected chi connectivity index (χ1v) is 11.0. The van der Waals surface area contributed by atoms with Gasteiger partial charge in [0.15, 0.2) is 12.6 Å². The van der Waals surface area contributed by atoms with Crippen LogP contribution in [0.15, 0.2) is 0 Å². The van der Waals surface area contributed by atoms with E-state index in [1.54, 1.807) is 7.05 Å². The van der Waals surface area contributed by atoms with Gasteiger partial charge in [-0.05, 0) is 20.4 Å². The summed E-state index contributed by atoms with van der Waals surface area (Å²) in [5, 5.41) is 65.2. The van der Waals surface area contributed by atoms with E-state index in [1.165, 1.54) is 6.92 Å².